The van der Waals surface area contributed by atoms with E-state index in [9.17, 15) is 14.7 Å². The van der Waals surface area contributed by atoms with Crippen molar-refractivity contribution in [2.75, 3.05) is 7.11 Å². The summed E-state index contributed by atoms with van der Waals surface area (Å²) in [7, 11) is 1.53. The summed E-state index contributed by atoms with van der Waals surface area (Å²) < 4.78 is 5.03. The smallest absolute Gasteiger partial charge is 0.336 e. The molecular weight excluding hydrogens is 260 g/mol. The van der Waals surface area contributed by atoms with Gasteiger partial charge in [0.25, 0.3) is 0 Å². The fraction of sp³-hybridized carbons (Fsp3) is 0.0667. The number of rotatable bonds is 4. The van der Waals surface area contributed by atoms with Crippen LogP contribution < -0.4 is 4.74 Å². The van der Waals surface area contributed by atoms with E-state index in [1.165, 1.54) is 25.3 Å². The van der Waals surface area contributed by atoms with Crippen molar-refractivity contribution < 1.29 is 24.5 Å². The van der Waals surface area contributed by atoms with Crippen LogP contribution in [0.15, 0.2) is 42.5 Å². The molecule has 5 heteroatoms. The van der Waals surface area contributed by atoms with Gasteiger partial charge in [0.05, 0.1) is 18.2 Å². The molecule has 0 bridgehead atoms. The van der Waals surface area contributed by atoms with Crippen molar-refractivity contribution in [3.05, 3.63) is 53.6 Å². The molecule has 0 atom stereocenters. The van der Waals surface area contributed by atoms with Crippen LogP contribution >= 0.6 is 0 Å². The number of aromatic carboxylic acids is 2. The molecule has 0 spiro atoms. The van der Waals surface area contributed by atoms with Crippen LogP contribution in [0.2, 0.25) is 0 Å². The Hall–Kier alpha value is -2.82. The van der Waals surface area contributed by atoms with E-state index in [1.807, 2.05) is 0 Å². The number of carboxylic acids is 2. The zero-order valence-electron chi connectivity index (χ0n) is 10.7. The summed E-state index contributed by atoms with van der Waals surface area (Å²) in [6, 6.07) is 10.7. The van der Waals surface area contributed by atoms with Gasteiger partial charge in [-0.3, -0.25) is 0 Å². The lowest BCUT2D eigenvalue weighted by Gasteiger charge is -2.08. The summed E-state index contributed by atoms with van der Waals surface area (Å²) in [5, 5.41) is 18.2. The Morgan fingerprint density at radius 1 is 0.950 bits per heavy atom. The van der Waals surface area contributed by atoms with E-state index in [0.29, 0.717) is 16.9 Å². The number of ether oxygens (including phenoxy) is 1. The van der Waals surface area contributed by atoms with Crippen LogP contribution in [-0.4, -0.2) is 29.3 Å². The molecule has 0 unspecified atom stereocenters. The van der Waals surface area contributed by atoms with Gasteiger partial charge in [0, 0.05) is 0 Å². The number of benzene rings is 2. The highest BCUT2D eigenvalue weighted by atomic mass is 16.5. The van der Waals surface area contributed by atoms with Crippen molar-refractivity contribution in [1.82, 2.24) is 0 Å². The van der Waals surface area contributed by atoms with E-state index in [0.717, 1.165) is 0 Å². The summed E-state index contributed by atoms with van der Waals surface area (Å²) in [5.74, 6) is -1.57. The fourth-order valence-electron chi connectivity index (χ4n) is 1.87. The maximum absolute atomic E-state index is 11.2. The van der Waals surface area contributed by atoms with Crippen LogP contribution in [0.3, 0.4) is 0 Å². The average molecular weight is 272 g/mol. The van der Waals surface area contributed by atoms with E-state index in [-0.39, 0.29) is 11.1 Å². The molecule has 2 aromatic carbocycles. The minimum atomic E-state index is -1.10. The first kappa shape index (κ1) is 13.6. The van der Waals surface area contributed by atoms with Gasteiger partial charge >= 0.3 is 11.9 Å². The molecule has 0 fully saturated rings. The molecule has 0 aromatic heterocycles. The van der Waals surface area contributed by atoms with Crippen LogP contribution in [0.4, 0.5) is 0 Å². The number of carboxylic acid groups (broad SMARTS) is 2. The zero-order valence-corrected chi connectivity index (χ0v) is 10.7. The SMILES string of the molecule is COc1ccc(-c2cc(C(=O)O)ccc2C(=O)O)cc1. The summed E-state index contributed by atoms with van der Waals surface area (Å²) in [6.07, 6.45) is 0. The van der Waals surface area contributed by atoms with Crippen molar-refractivity contribution in [2.24, 2.45) is 0 Å². The monoisotopic (exact) mass is 272 g/mol. The maximum Gasteiger partial charge on any atom is 0.336 e. The molecule has 5 nitrogen and oxygen atoms in total. The van der Waals surface area contributed by atoms with Crippen molar-refractivity contribution in [3.63, 3.8) is 0 Å². The summed E-state index contributed by atoms with van der Waals surface area (Å²) in [6.45, 7) is 0. The summed E-state index contributed by atoms with van der Waals surface area (Å²) in [5.41, 5.74) is 1.08. The second-order valence-electron chi connectivity index (χ2n) is 4.10. The van der Waals surface area contributed by atoms with Crippen LogP contribution in [-0.2, 0) is 0 Å². The lowest BCUT2D eigenvalue weighted by Crippen LogP contribution is -2.03. The van der Waals surface area contributed by atoms with Crippen molar-refractivity contribution in [3.8, 4) is 16.9 Å². The fourth-order valence-corrected chi connectivity index (χ4v) is 1.87. The minimum Gasteiger partial charge on any atom is -0.497 e. The lowest BCUT2D eigenvalue weighted by atomic mass is 9.97. The molecule has 0 aliphatic carbocycles. The van der Waals surface area contributed by atoms with E-state index in [1.54, 1.807) is 24.3 Å². The van der Waals surface area contributed by atoms with Crippen molar-refractivity contribution in [1.29, 1.82) is 0 Å². The standard InChI is InChI=1S/C15H12O5/c1-20-11-5-2-9(3-6-11)13-8-10(14(16)17)4-7-12(13)15(18)19/h2-8H,1H3,(H,16,17)(H,18,19). The molecule has 20 heavy (non-hydrogen) atoms. The van der Waals surface area contributed by atoms with Gasteiger partial charge in [0.15, 0.2) is 0 Å². The topological polar surface area (TPSA) is 83.8 Å². The third-order valence-corrected chi connectivity index (χ3v) is 2.90. The molecule has 2 rings (SSSR count). The zero-order chi connectivity index (χ0) is 14.7. The van der Waals surface area contributed by atoms with Gasteiger partial charge in [-0.2, -0.15) is 0 Å². The minimum absolute atomic E-state index is 0.0424. The first-order chi connectivity index (χ1) is 9.52. The molecule has 0 heterocycles. The molecule has 0 saturated heterocycles. The predicted octanol–water partition coefficient (Wildman–Crippen LogP) is 2.76. The molecule has 0 aliphatic heterocycles. The molecule has 0 saturated carbocycles. The van der Waals surface area contributed by atoms with Gasteiger partial charge in [0.1, 0.15) is 5.75 Å². The number of methoxy groups -OCH3 is 1. The van der Waals surface area contributed by atoms with Gasteiger partial charge in [-0.05, 0) is 41.5 Å². The lowest BCUT2D eigenvalue weighted by molar-refractivity contribution is 0.0682. The Labute approximate surface area is 115 Å². The predicted molar refractivity (Wildman–Crippen MR) is 72.3 cm³/mol. The number of hydrogen-bond acceptors (Lipinski definition) is 3. The number of carbonyl (C=O) groups is 2. The third kappa shape index (κ3) is 2.61. The average Bonchev–Trinajstić information content (AvgIpc) is 2.46. The summed E-state index contributed by atoms with van der Waals surface area (Å²) in [4.78, 5) is 22.2. The molecule has 2 N–H and O–H groups in total. The quantitative estimate of drug-likeness (QED) is 0.894. The van der Waals surface area contributed by atoms with Crippen molar-refractivity contribution in [2.45, 2.75) is 0 Å². The van der Waals surface area contributed by atoms with E-state index in [2.05, 4.69) is 0 Å². The molecule has 0 amide bonds. The van der Waals surface area contributed by atoms with Crippen LogP contribution in [0.5, 0.6) is 5.75 Å². The second-order valence-corrected chi connectivity index (χ2v) is 4.10. The van der Waals surface area contributed by atoms with Crippen LogP contribution in [0.25, 0.3) is 11.1 Å². The second kappa shape index (κ2) is 5.44. The Morgan fingerprint density at radius 3 is 2.10 bits per heavy atom. The van der Waals surface area contributed by atoms with Gasteiger partial charge < -0.3 is 14.9 Å². The highest BCUT2D eigenvalue weighted by molar-refractivity contribution is 5.99. The van der Waals surface area contributed by atoms with E-state index >= 15 is 0 Å². The third-order valence-electron chi connectivity index (χ3n) is 2.90. The van der Waals surface area contributed by atoms with E-state index < -0.39 is 11.9 Å². The van der Waals surface area contributed by atoms with Gasteiger partial charge in [-0.25, -0.2) is 9.59 Å². The normalized spacial score (nSPS) is 10.1. The Balaban J connectivity index is 2.58. The maximum atomic E-state index is 11.2. The molecule has 2 aromatic rings. The largest absolute Gasteiger partial charge is 0.497 e. The molecule has 0 aliphatic rings. The van der Waals surface area contributed by atoms with Crippen LogP contribution in [0, 0.1) is 0 Å². The first-order valence-corrected chi connectivity index (χ1v) is 5.78. The first-order valence-electron chi connectivity index (χ1n) is 5.78. The van der Waals surface area contributed by atoms with Gasteiger partial charge in [-0.15, -0.1) is 0 Å². The van der Waals surface area contributed by atoms with Crippen molar-refractivity contribution >= 4 is 11.9 Å². The Bertz CT molecular complexity index is 658. The molecule has 0 radical (unpaired) electrons. The van der Waals surface area contributed by atoms with Gasteiger partial charge in [0.2, 0.25) is 0 Å². The highest BCUT2D eigenvalue weighted by Crippen LogP contribution is 2.27. The highest BCUT2D eigenvalue weighted by Gasteiger charge is 2.14. The van der Waals surface area contributed by atoms with Crippen LogP contribution in [0.1, 0.15) is 20.7 Å². The molecule has 102 valence electrons. The Morgan fingerprint density at radius 2 is 1.60 bits per heavy atom. The number of hydrogen-bond donors (Lipinski definition) is 2. The molecular formula is C15H12O5. The van der Waals surface area contributed by atoms with Gasteiger partial charge in [-0.1, -0.05) is 12.1 Å². The summed E-state index contributed by atoms with van der Waals surface area (Å²) >= 11 is 0. The Kier molecular flexibility index (Phi) is 3.70. The van der Waals surface area contributed by atoms with E-state index in [4.69, 9.17) is 9.84 Å².